The number of nitrogens with zero attached hydrogens (tertiary/aromatic N) is 2. The van der Waals surface area contributed by atoms with Crippen LogP contribution in [0.4, 0.5) is 0 Å². The molecule has 0 atom stereocenters. The van der Waals surface area contributed by atoms with E-state index in [0.29, 0.717) is 13.1 Å². The van der Waals surface area contributed by atoms with Crippen LogP contribution in [-0.4, -0.2) is 28.4 Å². The van der Waals surface area contributed by atoms with Gasteiger partial charge in [-0.1, -0.05) is 0 Å². The van der Waals surface area contributed by atoms with E-state index >= 15 is 0 Å². The molecule has 0 spiro atoms. The van der Waals surface area contributed by atoms with Crippen molar-refractivity contribution < 1.29 is 4.79 Å². The van der Waals surface area contributed by atoms with E-state index in [1.54, 1.807) is 0 Å². The fourth-order valence-corrected chi connectivity index (χ4v) is 1.89. The highest BCUT2D eigenvalue weighted by molar-refractivity contribution is 9.10. The fourth-order valence-electron chi connectivity index (χ4n) is 1.54. The molecule has 0 aliphatic rings. The summed E-state index contributed by atoms with van der Waals surface area (Å²) >= 11 is 3.38. The molecule has 2 heterocycles. The summed E-state index contributed by atoms with van der Waals surface area (Å²) in [6.07, 6.45) is 4.03. The number of hydrogen-bond donors (Lipinski definition) is 2. The smallest absolute Gasteiger partial charge is 0.226 e. The van der Waals surface area contributed by atoms with Gasteiger partial charge in [0.15, 0.2) is 0 Å². The maximum atomic E-state index is 11.5. The first kappa shape index (κ1) is 12.1. The minimum atomic E-state index is -0.0575. The molecule has 0 aliphatic carbocycles. The van der Waals surface area contributed by atoms with Crippen molar-refractivity contribution in [1.29, 1.82) is 0 Å². The quantitative estimate of drug-likeness (QED) is 0.873. The molecule has 2 aromatic rings. The third kappa shape index (κ3) is 3.04. The number of fused-ring (bicyclic) bond motifs is 1. The highest BCUT2D eigenvalue weighted by atomic mass is 79.9. The summed E-state index contributed by atoms with van der Waals surface area (Å²) in [5.41, 5.74) is 6.88. The zero-order chi connectivity index (χ0) is 12.3. The summed E-state index contributed by atoms with van der Waals surface area (Å²) in [6, 6.07) is 3.81. The third-order valence-electron chi connectivity index (χ3n) is 2.27. The Hall–Kier alpha value is -1.40. The lowest BCUT2D eigenvalue weighted by Gasteiger charge is -2.00. The Morgan fingerprint density at radius 1 is 1.47 bits per heavy atom. The number of aromatic nitrogens is 2. The Balaban J connectivity index is 2.11. The van der Waals surface area contributed by atoms with Crippen LogP contribution in [0.1, 0.15) is 5.69 Å². The maximum Gasteiger partial charge on any atom is 0.226 e. The molecule has 0 saturated heterocycles. The second-order valence-corrected chi connectivity index (χ2v) is 4.58. The second-order valence-electron chi connectivity index (χ2n) is 3.66. The average Bonchev–Trinajstić information content (AvgIpc) is 2.67. The summed E-state index contributed by atoms with van der Waals surface area (Å²) in [5, 5.41) is 2.71. The van der Waals surface area contributed by atoms with Gasteiger partial charge in [0.1, 0.15) is 5.65 Å². The second kappa shape index (κ2) is 5.29. The van der Waals surface area contributed by atoms with Crippen LogP contribution in [0.2, 0.25) is 0 Å². The van der Waals surface area contributed by atoms with Crippen molar-refractivity contribution >= 4 is 27.5 Å². The van der Waals surface area contributed by atoms with Crippen LogP contribution >= 0.6 is 15.9 Å². The third-order valence-corrected chi connectivity index (χ3v) is 2.74. The molecule has 90 valence electrons. The van der Waals surface area contributed by atoms with Crippen molar-refractivity contribution in [3.8, 4) is 0 Å². The summed E-state index contributed by atoms with van der Waals surface area (Å²) in [6.45, 7) is 0.946. The largest absolute Gasteiger partial charge is 0.354 e. The standard InChI is InChI=1S/C11H13BrN4O/c12-8-1-2-10-15-9(7-16(10)6-8)5-11(17)14-4-3-13/h1-2,6-7H,3-5,13H2,(H,14,17). The maximum absolute atomic E-state index is 11.5. The molecule has 0 saturated carbocycles. The predicted molar refractivity (Wildman–Crippen MR) is 68.7 cm³/mol. The molecule has 6 heteroatoms. The van der Waals surface area contributed by atoms with Crippen molar-refractivity contribution in [2.24, 2.45) is 5.73 Å². The van der Waals surface area contributed by atoms with E-state index in [9.17, 15) is 4.79 Å². The zero-order valence-electron chi connectivity index (χ0n) is 9.19. The minimum Gasteiger partial charge on any atom is -0.354 e. The highest BCUT2D eigenvalue weighted by Crippen LogP contribution is 2.12. The molecule has 0 aliphatic heterocycles. The molecule has 1 amide bonds. The minimum absolute atomic E-state index is 0.0575. The van der Waals surface area contributed by atoms with E-state index < -0.39 is 0 Å². The summed E-state index contributed by atoms with van der Waals surface area (Å²) in [4.78, 5) is 15.8. The number of halogens is 1. The van der Waals surface area contributed by atoms with Crippen molar-refractivity contribution in [3.05, 3.63) is 34.7 Å². The van der Waals surface area contributed by atoms with Crippen molar-refractivity contribution in [2.75, 3.05) is 13.1 Å². The number of carbonyl (C=O) groups is 1. The number of rotatable bonds is 4. The fraction of sp³-hybridized carbons (Fsp3) is 0.273. The SMILES string of the molecule is NCCNC(=O)Cc1cn2cc(Br)ccc2n1. The topological polar surface area (TPSA) is 72.4 Å². The van der Waals surface area contributed by atoms with E-state index in [4.69, 9.17) is 5.73 Å². The molecule has 17 heavy (non-hydrogen) atoms. The Kier molecular flexibility index (Phi) is 3.75. The van der Waals surface area contributed by atoms with Crippen LogP contribution in [0.3, 0.4) is 0 Å². The molecule has 5 nitrogen and oxygen atoms in total. The van der Waals surface area contributed by atoms with Crippen molar-refractivity contribution in [1.82, 2.24) is 14.7 Å². The number of pyridine rings is 1. The van der Waals surface area contributed by atoms with Crippen molar-refractivity contribution in [3.63, 3.8) is 0 Å². The van der Waals surface area contributed by atoms with Crippen LogP contribution in [-0.2, 0) is 11.2 Å². The van der Waals surface area contributed by atoms with Crippen LogP contribution in [0, 0.1) is 0 Å². The molecular weight excluding hydrogens is 284 g/mol. The van der Waals surface area contributed by atoms with Crippen LogP contribution < -0.4 is 11.1 Å². The van der Waals surface area contributed by atoms with E-state index in [-0.39, 0.29) is 12.3 Å². The van der Waals surface area contributed by atoms with Crippen molar-refractivity contribution in [2.45, 2.75) is 6.42 Å². The number of hydrogen-bond acceptors (Lipinski definition) is 3. The number of amides is 1. The van der Waals surface area contributed by atoms with Gasteiger partial charge in [-0.3, -0.25) is 4.79 Å². The van der Waals surface area contributed by atoms with Gasteiger partial charge >= 0.3 is 0 Å². The predicted octanol–water partition coefficient (Wildman–Crippen LogP) is 0.714. The van der Waals surface area contributed by atoms with Crippen LogP contribution in [0.5, 0.6) is 0 Å². The highest BCUT2D eigenvalue weighted by Gasteiger charge is 2.06. The molecule has 0 radical (unpaired) electrons. The molecular formula is C11H13BrN4O. The molecule has 0 unspecified atom stereocenters. The lowest BCUT2D eigenvalue weighted by atomic mass is 10.3. The van der Waals surface area contributed by atoms with E-state index in [1.807, 2.05) is 28.9 Å². The Labute approximate surface area is 107 Å². The first-order chi connectivity index (χ1) is 8.19. The van der Waals surface area contributed by atoms with Gasteiger partial charge in [0, 0.05) is 30.0 Å². The van der Waals surface area contributed by atoms with Crippen LogP contribution in [0.15, 0.2) is 29.0 Å². The number of imidazole rings is 1. The lowest BCUT2D eigenvalue weighted by Crippen LogP contribution is -2.30. The molecule has 0 fully saturated rings. The van der Waals surface area contributed by atoms with E-state index in [0.717, 1.165) is 15.8 Å². The summed E-state index contributed by atoms with van der Waals surface area (Å²) in [5.74, 6) is -0.0575. The number of nitrogens with two attached hydrogens (primary N) is 1. The van der Waals surface area contributed by atoms with Crippen LogP contribution in [0.25, 0.3) is 5.65 Å². The lowest BCUT2D eigenvalue weighted by molar-refractivity contribution is -0.120. The first-order valence-electron chi connectivity index (χ1n) is 5.29. The van der Waals surface area contributed by atoms with E-state index in [1.165, 1.54) is 0 Å². The Morgan fingerprint density at radius 2 is 2.29 bits per heavy atom. The molecule has 2 rings (SSSR count). The van der Waals surface area contributed by atoms with Gasteiger partial charge in [0.25, 0.3) is 0 Å². The van der Waals surface area contributed by atoms with Gasteiger partial charge in [-0.2, -0.15) is 0 Å². The van der Waals surface area contributed by atoms with Gasteiger partial charge in [-0.25, -0.2) is 4.98 Å². The Bertz CT molecular complexity index is 537. The number of carbonyl (C=O) groups excluding carboxylic acids is 1. The van der Waals surface area contributed by atoms with Gasteiger partial charge < -0.3 is 15.5 Å². The molecule has 3 N–H and O–H groups in total. The zero-order valence-corrected chi connectivity index (χ0v) is 10.8. The number of nitrogens with one attached hydrogen (secondary N) is 1. The summed E-state index contributed by atoms with van der Waals surface area (Å²) in [7, 11) is 0. The Morgan fingerprint density at radius 3 is 3.06 bits per heavy atom. The van der Waals surface area contributed by atoms with Gasteiger partial charge in [-0.05, 0) is 28.1 Å². The normalized spacial score (nSPS) is 10.7. The van der Waals surface area contributed by atoms with E-state index in [2.05, 4.69) is 26.2 Å². The monoisotopic (exact) mass is 296 g/mol. The molecule has 0 aromatic carbocycles. The molecule has 0 bridgehead atoms. The molecule has 2 aromatic heterocycles. The van der Waals surface area contributed by atoms with Gasteiger partial charge in [-0.15, -0.1) is 0 Å². The first-order valence-corrected chi connectivity index (χ1v) is 6.08. The summed E-state index contributed by atoms with van der Waals surface area (Å²) < 4.78 is 2.86. The van der Waals surface area contributed by atoms with Gasteiger partial charge in [0.05, 0.1) is 12.1 Å². The van der Waals surface area contributed by atoms with Gasteiger partial charge in [0.2, 0.25) is 5.91 Å². The average molecular weight is 297 g/mol.